The zero-order valence-electron chi connectivity index (χ0n) is 16.2. The normalized spacial score (nSPS) is 10.9. The summed E-state index contributed by atoms with van der Waals surface area (Å²) in [4.78, 5) is 33.9. The Morgan fingerprint density at radius 1 is 1.14 bits per heavy atom. The average Bonchev–Trinajstić information content (AvgIpc) is 2.65. The number of halogens is 1. The van der Waals surface area contributed by atoms with Gasteiger partial charge in [0, 0.05) is 12.1 Å². The summed E-state index contributed by atoms with van der Waals surface area (Å²) in [7, 11) is 0. The number of nitro benzene ring substituents is 1. The fourth-order valence-corrected chi connectivity index (χ4v) is 2.66. The molecule has 0 aliphatic heterocycles. The monoisotopic (exact) mass is 420 g/mol. The Balaban J connectivity index is 1.86. The van der Waals surface area contributed by atoms with Crippen LogP contribution in [0.1, 0.15) is 26.3 Å². The number of anilines is 1. The quantitative estimate of drug-likeness (QED) is 0.410. The van der Waals surface area contributed by atoms with Crippen LogP contribution >= 0.6 is 11.6 Å². The van der Waals surface area contributed by atoms with Crippen molar-refractivity contribution in [2.24, 2.45) is 0 Å². The lowest BCUT2D eigenvalue weighted by atomic mass is 9.86. The topological polar surface area (TPSA) is 108 Å². The lowest BCUT2D eigenvalue weighted by molar-refractivity contribution is -0.384. The molecule has 2 aromatic carbocycles. The molecule has 0 aliphatic carbocycles. The maximum atomic E-state index is 11.9. The number of nitro groups is 1. The number of esters is 1. The molecule has 2 aromatic rings. The van der Waals surface area contributed by atoms with Crippen LogP contribution in [0.3, 0.4) is 0 Å². The van der Waals surface area contributed by atoms with Crippen LogP contribution in [-0.2, 0) is 19.7 Å². The highest BCUT2D eigenvalue weighted by Gasteiger charge is 2.19. The summed E-state index contributed by atoms with van der Waals surface area (Å²) in [6, 6.07) is 11.0. The van der Waals surface area contributed by atoms with E-state index in [9.17, 15) is 19.7 Å². The number of carbonyl (C=O) groups excluding carboxylic acids is 2. The van der Waals surface area contributed by atoms with Gasteiger partial charge in [0.1, 0.15) is 5.75 Å². The SMILES string of the molecule is CC(C)(C)c1ccccc1OCC(=O)OCC(=O)Nc1ccc([N+](=O)[O-])cc1Cl. The zero-order valence-corrected chi connectivity index (χ0v) is 17.0. The molecule has 0 aliphatic rings. The highest BCUT2D eigenvalue weighted by molar-refractivity contribution is 6.34. The van der Waals surface area contributed by atoms with E-state index >= 15 is 0 Å². The Morgan fingerprint density at radius 3 is 2.45 bits per heavy atom. The van der Waals surface area contributed by atoms with Crippen molar-refractivity contribution in [1.29, 1.82) is 0 Å². The molecule has 0 saturated carbocycles. The molecule has 0 unspecified atom stereocenters. The van der Waals surface area contributed by atoms with Crippen LogP contribution in [0.15, 0.2) is 42.5 Å². The van der Waals surface area contributed by atoms with Gasteiger partial charge in [-0.1, -0.05) is 50.6 Å². The number of nitrogens with zero attached hydrogens (tertiary/aromatic N) is 1. The zero-order chi connectivity index (χ0) is 21.6. The van der Waals surface area contributed by atoms with Gasteiger partial charge in [-0.25, -0.2) is 4.79 Å². The van der Waals surface area contributed by atoms with E-state index in [0.717, 1.165) is 11.6 Å². The first-order valence-electron chi connectivity index (χ1n) is 8.69. The van der Waals surface area contributed by atoms with Gasteiger partial charge in [0.05, 0.1) is 15.6 Å². The molecule has 0 saturated heterocycles. The van der Waals surface area contributed by atoms with Crippen LogP contribution in [-0.4, -0.2) is 30.0 Å². The van der Waals surface area contributed by atoms with Crippen molar-refractivity contribution < 1.29 is 24.0 Å². The van der Waals surface area contributed by atoms with Crippen molar-refractivity contribution in [2.45, 2.75) is 26.2 Å². The molecule has 0 fully saturated rings. The molecule has 1 amide bonds. The minimum absolute atomic E-state index is 0.000923. The van der Waals surface area contributed by atoms with E-state index in [1.54, 1.807) is 12.1 Å². The van der Waals surface area contributed by atoms with E-state index in [1.807, 2.05) is 32.9 Å². The maximum Gasteiger partial charge on any atom is 0.344 e. The molecular formula is C20H21ClN2O6. The van der Waals surface area contributed by atoms with Crippen LogP contribution in [0.5, 0.6) is 5.75 Å². The predicted octanol–water partition coefficient (Wildman–Crippen LogP) is 4.11. The smallest absolute Gasteiger partial charge is 0.344 e. The Hall–Kier alpha value is -3.13. The average molecular weight is 421 g/mol. The lowest BCUT2D eigenvalue weighted by Crippen LogP contribution is -2.24. The number of hydrogen-bond donors (Lipinski definition) is 1. The third-order valence-corrected chi connectivity index (χ3v) is 4.16. The van der Waals surface area contributed by atoms with Gasteiger partial charge in [-0.3, -0.25) is 14.9 Å². The third-order valence-electron chi connectivity index (χ3n) is 3.84. The first kappa shape index (κ1) is 22.2. The minimum Gasteiger partial charge on any atom is -0.482 e. The first-order chi connectivity index (χ1) is 13.6. The number of para-hydroxylation sites is 1. The summed E-state index contributed by atoms with van der Waals surface area (Å²) in [5.74, 6) is -0.776. The molecule has 0 radical (unpaired) electrons. The fourth-order valence-electron chi connectivity index (χ4n) is 2.44. The second kappa shape index (κ2) is 9.38. The van der Waals surface area contributed by atoms with Crippen LogP contribution in [0.4, 0.5) is 11.4 Å². The van der Waals surface area contributed by atoms with E-state index in [2.05, 4.69) is 5.32 Å². The van der Waals surface area contributed by atoms with Crippen molar-refractivity contribution >= 4 is 34.9 Å². The molecule has 0 bridgehead atoms. The van der Waals surface area contributed by atoms with Gasteiger partial charge < -0.3 is 14.8 Å². The van der Waals surface area contributed by atoms with Crippen molar-refractivity contribution in [3.05, 3.63) is 63.2 Å². The second-order valence-electron chi connectivity index (χ2n) is 7.16. The predicted molar refractivity (Wildman–Crippen MR) is 108 cm³/mol. The highest BCUT2D eigenvalue weighted by Crippen LogP contribution is 2.31. The molecular weight excluding hydrogens is 400 g/mol. The molecule has 9 heteroatoms. The van der Waals surface area contributed by atoms with Crippen LogP contribution in [0.2, 0.25) is 5.02 Å². The molecule has 2 rings (SSSR count). The summed E-state index contributed by atoms with van der Waals surface area (Å²) in [6.07, 6.45) is 0. The summed E-state index contributed by atoms with van der Waals surface area (Å²) in [5.41, 5.74) is 0.754. The Bertz CT molecular complexity index is 923. The van der Waals surface area contributed by atoms with Crippen molar-refractivity contribution in [3.8, 4) is 5.75 Å². The molecule has 0 atom stereocenters. The molecule has 1 N–H and O–H groups in total. The van der Waals surface area contributed by atoms with E-state index in [-0.39, 0.29) is 28.4 Å². The Morgan fingerprint density at radius 2 is 1.83 bits per heavy atom. The van der Waals surface area contributed by atoms with Crippen LogP contribution in [0, 0.1) is 10.1 Å². The molecule has 154 valence electrons. The Labute approximate surface area is 172 Å². The molecule has 0 heterocycles. The highest BCUT2D eigenvalue weighted by atomic mass is 35.5. The number of non-ortho nitro benzene ring substituents is 1. The summed E-state index contributed by atoms with van der Waals surface area (Å²) >= 11 is 5.90. The van der Waals surface area contributed by atoms with Gasteiger partial charge >= 0.3 is 5.97 Å². The standard InChI is InChI=1S/C20H21ClN2O6/c1-20(2,3)14-6-4-5-7-17(14)28-12-19(25)29-11-18(24)22-16-9-8-13(23(26)27)10-15(16)21/h4-10H,11-12H2,1-3H3,(H,22,24). The van der Waals surface area contributed by atoms with Crippen molar-refractivity contribution in [3.63, 3.8) is 0 Å². The summed E-state index contributed by atoms with van der Waals surface area (Å²) in [5, 5.41) is 13.1. The maximum absolute atomic E-state index is 11.9. The molecule has 0 aromatic heterocycles. The first-order valence-corrected chi connectivity index (χ1v) is 9.07. The molecule has 0 spiro atoms. The van der Waals surface area contributed by atoms with E-state index in [4.69, 9.17) is 21.1 Å². The Kier molecular flexibility index (Phi) is 7.17. The van der Waals surface area contributed by atoms with Gasteiger partial charge in [0.2, 0.25) is 0 Å². The van der Waals surface area contributed by atoms with Gasteiger partial charge in [-0.15, -0.1) is 0 Å². The van der Waals surface area contributed by atoms with Crippen molar-refractivity contribution in [2.75, 3.05) is 18.5 Å². The largest absolute Gasteiger partial charge is 0.482 e. The number of rotatable bonds is 7. The van der Waals surface area contributed by atoms with E-state index in [0.29, 0.717) is 5.75 Å². The third kappa shape index (κ3) is 6.46. The number of ether oxygens (including phenoxy) is 2. The van der Waals surface area contributed by atoms with Crippen LogP contribution in [0.25, 0.3) is 0 Å². The number of hydrogen-bond acceptors (Lipinski definition) is 6. The number of amides is 1. The lowest BCUT2D eigenvalue weighted by Gasteiger charge is -2.22. The van der Waals surface area contributed by atoms with Crippen molar-refractivity contribution in [1.82, 2.24) is 0 Å². The van der Waals surface area contributed by atoms with E-state index in [1.165, 1.54) is 12.1 Å². The van der Waals surface area contributed by atoms with Gasteiger partial charge in [-0.2, -0.15) is 0 Å². The molecule has 8 nitrogen and oxygen atoms in total. The number of nitrogens with one attached hydrogen (secondary N) is 1. The van der Waals surface area contributed by atoms with Crippen LogP contribution < -0.4 is 10.1 Å². The van der Waals surface area contributed by atoms with E-state index < -0.39 is 23.4 Å². The summed E-state index contributed by atoms with van der Waals surface area (Å²) in [6.45, 7) is 5.19. The number of benzene rings is 2. The molecule has 29 heavy (non-hydrogen) atoms. The second-order valence-corrected chi connectivity index (χ2v) is 7.57. The van der Waals surface area contributed by atoms with Gasteiger partial charge in [-0.05, 0) is 23.1 Å². The van der Waals surface area contributed by atoms with Gasteiger partial charge in [0.15, 0.2) is 13.2 Å². The fraction of sp³-hybridized carbons (Fsp3) is 0.300. The minimum atomic E-state index is -0.710. The summed E-state index contributed by atoms with van der Waals surface area (Å²) < 4.78 is 10.4. The number of carbonyl (C=O) groups is 2. The van der Waals surface area contributed by atoms with Gasteiger partial charge in [0.25, 0.3) is 11.6 Å².